The normalized spacial score (nSPS) is 12.0. The van der Waals surface area contributed by atoms with Gasteiger partial charge in [0, 0.05) is 11.7 Å². The lowest BCUT2D eigenvalue weighted by atomic mass is 10.1. The maximum atomic E-state index is 13.2. The standard InChI is InChI=1S/C17H23FN4OS2/c1-3-4-5-7-12(2)19-15(23)11-24-17-22-21-16(25-17)20-14-9-6-8-13(18)10-14/h6,8-10,12H,3-5,7,11H2,1-2H3,(H,19,23)(H,20,21). The minimum Gasteiger partial charge on any atom is -0.353 e. The van der Waals surface area contributed by atoms with Gasteiger partial charge < -0.3 is 10.6 Å². The lowest BCUT2D eigenvalue weighted by Gasteiger charge is -2.12. The molecule has 8 heteroatoms. The van der Waals surface area contributed by atoms with Crippen LogP contribution in [0.2, 0.25) is 0 Å². The van der Waals surface area contributed by atoms with Crippen LogP contribution in [0.15, 0.2) is 28.6 Å². The van der Waals surface area contributed by atoms with Gasteiger partial charge in [0.05, 0.1) is 5.75 Å². The Morgan fingerprint density at radius 2 is 2.20 bits per heavy atom. The summed E-state index contributed by atoms with van der Waals surface area (Å²) in [6, 6.07) is 6.35. The van der Waals surface area contributed by atoms with Crippen molar-refractivity contribution in [1.82, 2.24) is 15.5 Å². The molecule has 0 fully saturated rings. The molecule has 2 N–H and O–H groups in total. The predicted octanol–water partition coefficient (Wildman–Crippen LogP) is 4.60. The van der Waals surface area contributed by atoms with E-state index < -0.39 is 0 Å². The summed E-state index contributed by atoms with van der Waals surface area (Å²) in [4.78, 5) is 12.0. The number of hydrogen-bond acceptors (Lipinski definition) is 6. The summed E-state index contributed by atoms with van der Waals surface area (Å²) in [5.74, 6) is 0.00451. The van der Waals surface area contributed by atoms with Crippen LogP contribution >= 0.6 is 23.1 Å². The number of carbonyl (C=O) groups is 1. The van der Waals surface area contributed by atoms with E-state index in [0.717, 1.165) is 12.8 Å². The summed E-state index contributed by atoms with van der Waals surface area (Å²) < 4.78 is 13.9. The molecule has 1 aromatic heterocycles. The van der Waals surface area contributed by atoms with Crippen LogP contribution in [0.4, 0.5) is 15.2 Å². The molecule has 1 unspecified atom stereocenters. The van der Waals surface area contributed by atoms with Crippen LogP contribution in [0.1, 0.15) is 39.5 Å². The topological polar surface area (TPSA) is 66.9 Å². The van der Waals surface area contributed by atoms with Crippen molar-refractivity contribution in [2.24, 2.45) is 0 Å². The molecule has 25 heavy (non-hydrogen) atoms. The van der Waals surface area contributed by atoms with E-state index in [1.807, 2.05) is 6.92 Å². The van der Waals surface area contributed by atoms with E-state index in [0.29, 0.717) is 20.9 Å². The van der Waals surface area contributed by atoms with Gasteiger partial charge in [0.15, 0.2) is 4.34 Å². The summed E-state index contributed by atoms with van der Waals surface area (Å²) in [5.41, 5.74) is 0.617. The van der Waals surface area contributed by atoms with Crippen LogP contribution < -0.4 is 10.6 Å². The average Bonchev–Trinajstić information content (AvgIpc) is 3.01. The molecule has 1 aromatic carbocycles. The third kappa shape index (κ3) is 7.39. The highest BCUT2D eigenvalue weighted by Gasteiger charge is 2.11. The Kier molecular flexibility index (Phi) is 8.14. The zero-order valence-corrected chi connectivity index (χ0v) is 16.1. The third-order valence-electron chi connectivity index (χ3n) is 3.46. The molecular formula is C17H23FN4OS2. The average molecular weight is 383 g/mol. The second kappa shape index (κ2) is 10.4. The van der Waals surface area contributed by atoms with Gasteiger partial charge >= 0.3 is 0 Å². The number of rotatable bonds is 10. The van der Waals surface area contributed by atoms with Gasteiger partial charge in [-0.1, -0.05) is 55.4 Å². The number of halogens is 1. The summed E-state index contributed by atoms with van der Waals surface area (Å²) in [5, 5.41) is 14.6. The molecule has 1 heterocycles. The van der Waals surface area contributed by atoms with Crippen LogP contribution in [0.25, 0.3) is 0 Å². The van der Waals surface area contributed by atoms with Gasteiger partial charge in [-0.15, -0.1) is 10.2 Å². The van der Waals surface area contributed by atoms with E-state index in [4.69, 9.17) is 0 Å². The minimum atomic E-state index is -0.311. The quantitative estimate of drug-likeness (QED) is 0.464. The van der Waals surface area contributed by atoms with Gasteiger partial charge in [-0.3, -0.25) is 4.79 Å². The second-order valence-corrected chi connectivity index (χ2v) is 7.96. The van der Waals surface area contributed by atoms with Crippen LogP contribution in [0.3, 0.4) is 0 Å². The molecule has 0 spiro atoms. The zero-order chi connectivity index (χ0) is 18.1. The first-order valence-electron chi connectivity index (χ1n) is 8.35. The third-order valence-corrected chi connectivity index (χ3v) is 5.43. The number of carbonyl (C=O) groups excluding carboxylic acids is 1. The fraction of sp³-hybridized carbons (Fsp3) is 0.471. The van der Waals surface area contributed by atoms with Crippen molar-refractivity contribution in [3.8, 4) is 0 Å². The zero-order valence-electron chi connectivity index (χ0n) is 14.4. The van der Waals surface area contributed by atoms with Crippen LogP contribution in [-0.4, -0.2) is 27.9 Å². The van der Waals surface area contributed by atoms with Crippen LogP contribution in [0.5, 0.6) is 0 Å². The predicted molar refractivity (Wildman–Crippen MR) is 102 cm³/mol. The lowest BCUT2D eigenvalue weighted by Crippen LogP contribution is -2.33. The fourth-order valence-corrected chi connectivity index (χ4v) is 3.81. The van der Waals surface area contributed by atoms with Gasteiger partial charge in [-0.05, 0) is 31.5 Å². The summed E-state index contributed by atoms with van der Waals surface area (Å²) >= 11 is 2.69. The maximum Gasteiger partial charge on any atom is 0.230 e. The van der Waals surface area contributed by atoms with Crippen molar-refractivity contribution >= 4 is 39.8 Å². The molecule has 0 radical (unpaired) electrons. The molecule has 1 amide bonds. The van der Waals surface area contributed by atoms with Crippen molar-refractivity contribution in [3.63, 3.8) is 0 Å². The summed E-state index contributed by atoms with van der Waals surface area (Å²) in [6.07, 6.45) is 4.52. The fourth-order valence-electron chi connectivity index (χ4n) is 2.22. The molecule has 0 aliphatic heterocycles. The first kappa shape index (κ1) is 19.7. The number of unbranched alkanes of at least 4 members (excludes halogenated alkanes) is 2. The van der Waals surface area contributed by atoms with Crippen molar-refractivity contribution in [1.29, 1.82) is 0 Å². The van der Waals surface area contributed by atoms with Gasteiger partial charge in [-0.25, -0.2) is 4.39 Å². The Morgan fingerprint density at radius 3 is 2.96 bits per heavy atom. The Hall–Kier alpha value is -1.67. The SMILES string of the molecule is CCCCCC(C)NC(=O)CSc1nnc(Nc2cccc(F)c2)s1. The number of hydrogen-bond donors (Lipinski definition) is 2. The van der Waals surface area contributed by atoms with E-state index in [1.54, 1.807) is 12.1 Å². The van der Waals surface area contributed by atoms with E-state index >= 15 is 0 Å². The van der Waals surface area contributed by atoms with Crippen molar-refractivity contribution < 1.29 is 9.18 Å². The number of anilines is 2. The second-order valence-electron chi connectivity index (χ2n) is 5.76. The molecule has 0 saturated carbocycles. The van der Waals surface area contributed by atoms with Crippen molar-refractivity contribution in [3.05, 3.63) is 30.1 Å². The first-order valence-corrected chi connectivity index (χ1v) is 10.1. The molecule has 0 bridgehead atoms. The molecule has 1 atom stereocenters. The van der Waals surface area contributed by atoms with Crippen LogP contribution in [-0.2, 0) is 4.79 Å². The van der Waals surface area contributed by atoms with Crippen LogP contribution in [0, 0.1) is 5.82 Å². The molecule has 2 aromatic rings. The van der Waals surface area contributed by atoms with E-state index in [-0.39, 0.29) is 17.8 Å². The Bertz CT molecular complexity index is 680. The minimum absolute atomic E-state index is 0.00355. The molecule has 136 valence electrons. The van der Waals surface area contributed by atoms with Crippen molar-refractivity contribution in [2.45, 2.75) is 49.9 Å². The number of thioether (sulfide) groups is 1. The molecule has 0 saturated heterocycles. The highest BCUT2D eigenvalue weighted by Crippen LogP contribution is 2.27. The highest BCUT2D eigenvalue weighted by atomic mass is 32.2. The molecule has 0 aliphatic carbocycles. The number of amides is 1. The van der Waals surface area contributed by atoms with Gasteiger partial charge in [0.25, 0.3) is 0 Å². The van der Waals surface area contributed by atoms with Crippen molar-refractivity contribution in [2.75, 3.05) is 11.1 Å². The van der Waals surface area contributed by atoms with E-state index in [2.05, 4.69) is 27.8 Å². The Labute approximate surface area is 155 Å². The number of aromatic nitrogens is 2. The molecule has 2 rings (SSSR count). The van der Waals surface area contributed by atoms with Gasteiger partial charge in [-0.2, -0.15) is 0 Å². The summed E-state index contributed by atoms with van der Waals surface area (Å²) in [6.45, 7) is 4.20. The molecule has 0 aliphatic rings. The maximum absolute atomic E-state index is 13.2. The highest BCUT2D eigenvalue weighted by molar-refractivity contribution is 8.01. The number of benzene rings is 1. The Morgan fingerprint density at radius 1 is 1.36 bits per heavy atom. The monoisotopic (exact) mass is 382 g/mol. The molecular weight excluding hydrogens is 359 g/mol. The van der Waals surface area contributed by atoms with E-state index in [9.17, 15) is 9.18 Å². The largest absolute Gasteiger partial charge is 0.353 e. The van der Waals surface area contributed by atoms with Gasteiger partial charge in [0.1, 0.15) is 5.82 Å². The first-order chi connectivity index (χ1) is 12.1. The van der Waals surface area contributed by atoms with Gasteiger partial charge in [0.2, 0.25) is 11.0 Å². The summed E-state index contributed by atoms with van der Waals surface area (Å²) in [7, 11) is 0. The lowest BCUT2D eigenvalue weighted by molar-refractivity contribution is -0.119. The Balaban J connectivity index is 1.74. The number of nitrogens with one attached hydrogen (secondary N) is 2. The molecule has 5 nitrogen and oxygen atoms in total. The smallest absolute Gasteiger partial charge is 0.230 e. The number of nitrogens with zero attached hydrogens (tertiary/aromatic N) is 2. The van der Waals surface area contributed by atoms with E-state index in [1.165, 1.54) is 48.1 Å².